The summed E-state index contributed by atoms with van der Waals surface area (Å²) in [5, 5.41) is 9.68. The molecular weight excluding hydrogens is 375 g/mol. The molecule has 1 aromatic rings. The van der Waals surface area contributed by atoms with Gasteiger partial charge in [-0.15, -0.1) is 0 Å². The van der Waals surface area contributed by atoms with E-state index < -0.39 is 17.7 Å². The summed E-state index contributed by atoms with van der Waals surface area (Å²) in [6.07, 6.45) is 3.02. The van der Waals surface area contributed by atoms with Crippen molar-refractivity contribution in [2.45, 2.75) is 52.6 Å². The van der Waals surface area contributed by atoms with Gasteiger partial charge in [0.1, 0.15) is 23.2 Å². The Morgan fingerprint density at radius 2 is 2.10 bits per heavy atom. The molecule has 29 heavy (non-hydrogen) atoms. The lowest BCUT2D eigenvalue weighted by molar-refractivity contribution is -0.139. The zero-order chi connectivity index (χ0) is 21.4. The van der Waals surface area contributed by atoms with Crippen LogP contribution in [0.2, 0.25) is 0 Å². The minimum Gasteiger partial charge on any atom is -0.463 e. The van der Waals surface area contributed by atoms with E-state index in [1.165, 1.54) is 12.1 Å². The van der Waals surface area contributed by atoms with Gasteiger partial charge in [0.05, 0.1) is 24.7 Å². The first kappa shape index (κ1) is 22.4. The Bertz CT molecular complexity index is 855. The number of nitrogens with two attached hydrogens (primary N) is 1. The lowest BCUT2D eigenvalue weighted by Gasteiger charge is -2.28. The summed E-state index contributed by atoms with van der Waals surface area (Å²) in [5.41, 5.74) is 7.29. The average Bonchev–Trinajstić information content (AvgIpc) is 2.67. The van der Waals surface area contributed by atoms with Gasteiger partial charge in [0.25, 0.3) is 0 Å². The van der Waals surface area contributed by atoms with Crippen LogP contribution in [0.3, 0.4) is 0 Å². The number of nitriles is 1. The van der Waals surface area contributed by atoms with Crippen LogP contribution in [-0.2, 0) is 25.6 Å². The Labute approximate surface area is 170 Å². The monoisotopic (exact) mass is 402 g/mol. The van der Waals surface area contributed by atoms with E-state index in [1.807, 2.05) is 6.07 Å². The number of carbonyl (C=O) groups is 1. The Morgan fingerprint density at radius 1 is 1.34 bits per heavy atom. The van der Waals surface area contributed by atoms with Crippen LogP contribution < -0.4 is 5.73 Å². The fraction of sp³-hybridized carbons (Fsp3) is 0.455. The maximum Gasteiger partial charge on any atom is 0.338 e. The first-order valence-electron chi connectivity index (χ1n) is 9.76. The van der Waals surface area contributed by atoms with E-state index in [-0.39, 0.29) is 36.0 Å². The SMILES string of the molecule is CCCCCOCc1cc(F)ccc1C1C(C#N)=C(N)OC(C)=C1C(=O)OCC. The summed E-state index contributed by atoms with van der Waals surface area (Å²) in [6.45, 7) is 6.24. The third-order valence-corrected chi connectivity index (χ3v) is 4.67. The number of hydrogen-bond acceptors (Lipinski definition) is 6. The van der Waals surface area contributed by atoms with Gasteiger partial charge in [-0.25, -0.2) is 9.18 Å². The predicted octanol–water partition coefficient (Wildman–Crippen LogP) is 4.18. The largest absolute Gasteiger partial charge is 0.463 e. The van der Waals surface area contributed by atoms with Crippen molar-refractivity contribution < 1.29 is 23.4 Å². The van der Waals surface area contributed by atoms with Gasteiger partial charge in [-0.1, -0.05) is 25.8 Å². The number of halogens is 1. The predicted molar refractivity (Wildman–Crippen MR) is 106 cm³/mol. The molecule has 1 aliphatic rings. The molecule has 0 amide bonds. The summed E-state index contributed by atoms with van der Waals surface area (Å²) < 4.78 is 30.3. The van der Waals surface area contributed by atoms with E-state index in [9.17, 15) is 14.4 Å². The van der Waals surface area contributed by atoms with Crippen LogP contribution in [0.25, 0.3) is 0 Å². The van der Waals surface area contributed by atoms with E-state index in [0.29, 0.717) is 17.7 Å². The van der Waals surface area contributed by atoms with Crippen LogP contribution in [0.4, 0.5) is 4.39 Å². The fourth-order valence-corrected chi connectivity index (χ4v) is 3.28. The molecule has 1 aliphatic heterocycles. The van der Waals surface area contributed by atoms with Gasteiger partial charge in [0, 0.05) is 6.61 Å². The number of hydrogen-bond donors (Lipinski definition) is 1. The van der Waals surface area contributed by atoms with E-state index in [0.717, 1.165) is 19.3 Å². The van der Waals surface area contributed by atoms with Gasteiger partial charge in [0.15, 0.2) is 0 Å². The van der Waals surface area contributed by atoms with Gasteiger partial charge < -0.3 is 19.9 Å². The van der Waals surface area contributed by atoms with Crippen molar-refractivity contribution in [1.82, 2.24) is 0 Å². The molecule has 156 valence electrons. The van der Waals surface area contributed by atoms with Crippen molar-refractivity contribution in [2.75, 3.05) is 13.2 Å². The molecule has 0 aromatic heterocycles. The van der Waals surface area contributed by atoms with E-state index in [2.05, 4.69) is 6.92 Å². The summed E-state index contributed by atoms with van der Waals surface area (Å²) in [5.74, 6) is -1.68. The molecule has 0 fully saturated rings. The molecule has 0 saturated carbocycles. The highest BCUT2D eigenvalue weighted by Gasteiger charge is 2.37. The fourth-order valence-electron chi connectivity index (χ4n) is 3.28. The molecule has 1 heterocycles. The van der Waals surface area contributed by atoms with Crippen molar-refractivity contribution >= 4 is 5.97 Å². The third kappa shape index (κ3) is 5.36. The second-order valence-corrected chi connectivity index (χ2v) is 6.72. The highest BCUT2D eigenvalue weighted by atomic mass is 19.1. The van der Waals surface area contributed by atoms with Crippen LogP contribution >= 0.6 is 0 Å². The Kier molecular flexibility index (Phi) is 8.22. The standard InChI is InChI=1S/C22H27FN2O4/c1-4-6-7-10-27-13-15-11-16(23)8-9-17(15)20-18(12-24)21(25)29-14(3)19(20)22(26)28-5-2/h8-9,11,20H,4-7,10,13,25H2,1-3H3. The molecule has 2 rings (SSSR count). The van der Waals surface area contributed by atoms with Gasteiger partial charge in [-0.3, -0.25) is 0 Å². The van der Waals surface area contributed by atoms with Crippen molar-refractivity contribution in [2.24, 2.45) is 5.73 Å². The summed E-state index contributed by atoms with van der Waals surface area (Å²) in [6, 6.07) is 6.22. The summed E-state index contributed by atoms with van der Waals surface area (Å²) in [7, 11) is 0. The molecule has 1 aromatic carbocycles. The van der Waals surface area contributed by atoms with Crippen LogP contribution in [0, 0.1) is 17.1 Å². The first-order valence-corrected chi connectivity index (χ1v) is 9.76. The van der Waals surface area contributed by atoms with E-state index in [1.54, 1.807) is 19.9 Å². The molecule has 0 saturated heterocycles. The number of ether oxygens (including phenoxy) is 3. The van der Waals surface area contributed by atoms with Gasteiger partial charge in [-0.2, -0.15) is 5.26 Å². The maximum absolute atomic E-state index is 14.0. The number of nitrogens with zero attached hydrogens (tertiary/aromatic N) is 1. The molecule has 2 N–H and O–H groups in total. The number of carbonyl (C=O) groups excluding carboxylic acids is 1. The molecular formula is C22H27FN2O4. The smallest absolute Gasteiger partial charge is 0.338 e. The normalized spacial score (nSPS) is 16.4. The summed E-state index contributed by atoms with van der Waals surface area (Å²) in [4.78, 5) is 12.6. The number of unbranched alkanes of at least 4 members (excludes halogenated alkanes) is 2. The molecule has 0 bridgehead atoms. The van der Waals surface area contributed by atoms with E-state index in [4.69, 9.17) is 19.9 Å². The Hall–Kier alpha value is -2.85. The van der Waals surface area contributed by atoms with Crippen LogP contribution in [0.1, 0.15) is 57.1 Å². The van der Waals surface area contributed by atoms with Gasteiger partial charge >= 0.3 is 5.97 Å². The van der Waals surface area contributed by atoms with Gasteiger partial charge in [-0.05, 0) is 43.5 Å². The van der Waals surface area contributed by atoms with Crippen molar-refractivity contribution in [1.29, 1.82) is 5.26 Å². The minimum absolute atomic E-state index is 0.0810. The second-order valence-electron chi connectivity index (χ2n) is 6.72. The van der Waals surface area contributed by atoms with Crippen molar-refractivity contribution in [3.63, 3.8) is 0 Å². The molecule has 1 unspecified atom stereocenters. The Morgan fingerprint density at radius 3 is 2.76 bits per heavy atom. The molecule has 1 atom stereocenters. The Balaban J connectivity index is 2.48. The highest BCUT2D eigenvalue weighted by molar-refractivity contribution is 5.92. The number of benzene rings is 1. The summed E-state index contributed by atoms with van der Waals surface area (Å²) >= 11 is 0. The average molecular weight is 402 g/mol. The number of allylic oxidation sites excluding steroid dienone is 2. The molecule has 0 radical (unpaired) electrons. The first-order chi connectivity index (χ1) is 13.9. The number of esters is 1. The van der Waals surface area contributed by atoms with Crippen molar-refractivity contribution in [3.8, 4) is 6.07 Å². The molecule has 0 aliphatic carbocycles. The highest BCUT2D eigenvalue weighted by Crippen LogP contribution is 2.41. The molecule has 7 heteroatoms. The van der Waals surface area contributed by atoms with Crippen LogP contribution in [-0.4, -0.2) is 19.2 Å². The number of rotatable bonds is 9. The lowest BCUT2D eigenvalue weighted by atomic mass is 9.81. The molecule has 0 spiro atoms. The zero-order valence-electron chi connectivity index (χ0n) is 17.1. The lowest BCUT2D eigenvalue weighted by Crippen LogP contribution is -2.26. The van der Waals surface area contributed by atoms with Gasteiger partial charge in [0.2, 0.25) is 5.88 Å². The minimum atomic E-state index is -0.817. The quantitative estimate of drug-likeness (QED) is 0.492. The van der Waals surface area contributed by atoms with E-state index >= 15 is 0 Å². The zero-order valence-corrected chi connectivity index (χ0v) is 17.1. The van der Waals surface area contributed by atoms with Crippen molar-refractivity contribution in [3.05, 3.63) is 57.9 Å². The second kappa shape index (κ2) is 10.6. The molecule has 6 nitrogen and oxygen atoms in total. The third-order valence-electron chi connectivity index (χ3n) is 4.67. The van der Waals surface area contributed by atoms with Crippen LogP contribution in [0.5, 0.6) is 0 Å². The van der Waals surface area contributed by atoms with Crippen LogP contribution in [0.15, 0.2) is 41.0 Å². The maximum atomic E-state index is 14.0. The topological polar surface area (TPSA) is 94.6 Å².